The topological polar surface area (TPSA) is 45.9 Å². The molecule has 0 fully saturated rings. The lowest BCUT2D eigenvalue weighted by atomic mass is 10.1. The average Bonchev–Trinajstić information content (AvgIpc) is 2.49. The number of ether oxygens (including phenoxy) is 1. The molecule has 0 amide bonds. The Kier molecular flexibility index (Phi) is 3.78. The Morgan fingerprint density at radius 3 is 2.67 bits per heavy atom. The molecule has 0 saturated carbocycles. The lowest BCUT2D eigenvalue weighted by Crippen LogP contribution is -1.91. The fourth-order valence-electron chi connectivity index (χ4n) is 1.95. The van der Waals surface area contributed by atoms with Crippen LogP contribution in [0.15, 0.2) is 53.1 Å². The van der Waals surface area contributed by atoms with Gasteiger partial charge in [-0.15, -0.1) is 0 Å². The van der Waals surface area contributed by atoms with Crippen molar-refractivity contribution in [1.29, 1.82) is 5.26 Å². The Bertz CT molecular complexity index is 874. The Balaban J connectivity index is 1.99. The van der Waals surface area contributed by atoms with Crippen molar-refractivity contribution in [2.24, 2.45) is 0 Å². The molecule has 3 aromatic rings. The van der Waals surface area contributed by atoms with E-state index in [1.165, 1.54) is 6.20 Å². The molecule has 2 aromatic carbocycles. The Hall–Kier alpha value is -2.09. The quantitative estimate of drug-likeness (QED) is 0.622. The zero-order valence-corrected chi connectivity index (χ0v) is 13.0. The zero-order valence-electron chi connectivity index (χ0n) is 10.7. The van der Waals surface area contributed by atoms with E-state index in [2.05, 4.69) is 20.9 Å². The van der Waals surface area contributed by atoms with E-state index in [0.29, 0.717) is 11.3 Å². The Morgan fingerprint density at radius 1 is 1.10 bits per heavy atom. The van der Waals surface area contributed by atoms with Crippen LogP contribution in [0.5, 0.6) is 11.6 Å². The molecule has 1 heterocycles. The third-order valence-corrected chi connectivity index (χ3v) is 3.82. The van der Waals surface area contributed by atoms with Gasteiger partial charge in [0.1, 0.15) is 16.8 Å². The molecule has 0 N–H and O–H groups in total. The van der Waals surface area contributed by atoms with Crippen molar-refractivity contribution in [2.75, 3.05) is 0 Å². The van der Waals surface area contributed by atoms with Crippen LogP contribution in [-0.2, 0) is 0 Å². The molecule has 0 unspecified atom stereocenters. The Morgan fingerprint density at radius 2 is 1.86 bits per heavy atom. The smallest absolute Gasteiger partial charge is 0.239 e. The summed E-state index contributed by atoms with van der Waals surface area (Å²) in [5, 5.41) is 11.3. The molecule has 0 aliphatic heterocycles. The van der Waals surface area contributed by atoms with Gasteiger partial charge in [-0.2, -0.15) is 5.26 Å². The molecule has 0 aliphatic carbocycles. The van der Waals surface area contributed by atoms with Crippen molar-refractivity contribution in [3.05, 3.63) is 63.7 Å². The summed E-state index contributed by atoms with van der Waals surface area (Å²) >= 11 is 9.52. The Labute approximate surface area is 134 Å². The van der Waals surface area contributed by atoms with E-state index in [-0.39, 0.29) is 10.9 Å². The van der Waals surface area contributed by atoms with Gasteiger partial charge in [0.2, 0.25) is 5.88 Å². The number of aromatic nitrogens is 1. The molecular formula is C16H8BrClN2O. The predicted molar refractivity (Wildman–Crippen MR) is 85.7 cm³/mol. The molecule has 0 saturated heterocycles. The summed E-state index contributed by atoms with van der Waals surface area (Å²) in [6.07, 6.45) is 1.50. The molecule has 0 bridgehead atoms. The second-order valence-corrected chi connectivity index (χ2v) is 5.64. The van der Waals surface area contributed by atoms with Gasteiger partial charge in [-0.05, 0) is 41.1 Å². The van der Waals surface area contributed by atoms with Gasteiger partial charge in [0, 0.05) is 10.7 Å². The van der Waals surface area contributed by atoms with Crippen LogP contribution < -0.4 is 4.74 Å². The number of fused-ring (bicyclic) bond motifs is 1. The predicted octanol–water partition coefficient (Wildman–Crippen LogP) is 5.31. The highest BCUT2D eigenvalue weighted by Crippen LogP contribution is 2.31. The number of nitrogens with zero attached hydrogens (tertiary/aromatic N) is 2. The summed E-state index contributed by atoms with van der Waals surface area (Å²) in [4.78, 5) is 4.06. The standard InChI is InChI=1S/C16H8BrClN2O/c17-13-3-1-11-8-14(4-2-10(11)7-13)21-16-15(18)12(9-19)5-6-20-16/h1-8H. The van der Waals surface area contributed by atoms with Crippen LogP contribution in [0.2, 0.25) is 5.02 Å². The molecule has 3 rings (SSSR count). The van der Waals surface area contributed by atoms with Crippen LogP contribution in [0.1, 0.15) is 5.56 Å². The number of benzene rings is 2. The molecule has 1 aromatic heterocycles. The number of nitriles is 1. The molecule has 0 atom stereocenters. The SMILES string of the molecule is N#Cc1ccnc(Oc2ccc3cc(Br)ccc3c2)c1Cl. The molecule has 0 spiro atoms. The first kappa shape index (κ1) is 13.9. The van der Waals surface area contributed by atoms with Gasteiger partial charge >= 0.3 is 0 Å². The highest BCUT2D eigenvalue weighted by Gasteiger charge is 2.09. The fraction of sp³-hybridized carbons (Fsp3) is 0. The first-order valence-electron chi connectivity index (χ1n) is 6.09. The maximum absolute atomic E-state index is 8.95. The number of halogens is 2. The molecule has 21 heavy (non-hydrogen) atoms. The fourth-order valence-corrected chi connectivity index (χ4v) is 2.52. The van der Waals surface area contributed by atoms with Crippen LogP contribution in [-0.4, -0.2) is 4.98 Å². The van der Waals surface area contributed by atoms with E-state index < -0.39 is 0 Å². The van der Waals surface area contributed by atoms with Crippen molar-refractivity contribution < 1.29 is 4.74 Å². The molecule has 102 valence electrons. The van der Waals surface area contributed by atoms with Gasteiger partial charge < -0.3 is 4.74 Å². The van der Waals surface area contributed by atoms with Crippen molar-refractivity contribution in [3.8, 4) is 17.7 Å². The maximum atomic E-state index is 8.95. The van der Waals surface area contributed by atoms with Crippen molar-refractivity contribution in [2.45, 2.75) is 0 Å². The van der Waals surface area contributed by atoms with Gasteiger partial charge in [0.15, 0.2) is 0 Å². The molecule has 0 aliphatic rings. The maximum Gasteiger partial charge on any atom is 0.239 e. The minimum Gasteiger partial charge on any atom is -0.437 e. The largest absolute Gasteiger partial charge is 0.437 e. The van der Waals surface area contributed by atoms with E-state index in [1.54, 1.807) is 6.07 Å². The van der Waals surface area contributed by atoms with Gasteiger partial charge in [-0.25, -0.2) is 4.98 Å². The van der Waals surface area contributed by atoms with Crippen molar-refractivity contribution in [1.82, 2.24) is 4.98 Å². The van der Waals surface area contributed by atoms with Crippen LogP contribution in [0.4, 0.5) is 0 Å². The summed E-state index contributed by atoms with van der Waals surface area (Å²) in [6.45, 7) is 0. The summed E-state index contributed by atoms with van der Waals surface area (Å²) in [7, 11) is 0. The van der Waals surface area contributed by atoms with Gasteiger partial charge in [-0.1, -0.05) is 39.7 Å². The van der Waals surface area contributed by atoms with Crippen LogP contribution in [0.3, 0.4) is 0 Å². The van der Waals surface area contributed by atoms with E-state index in [0.717, 1.165) is 15.2 Å². The van der Waals surface area contributed by atoms with E-state index >= 15 is 0 Å². The van der Waals surface area contributed by atoms with Gasteiger partial charge in [0.25, 0.3) is 0 Å². The van der Waals surface area contributed by atoms with Crippen LogP contribution in [0.25, 0.3) is 10.8 Å². The summed E-state index contributed by atoms with van der Waals surface area (Å²) < 4.78 is 6.71. The number of rotatable bonds is 2. The third-order valence-electron chi connectivity index (χ3n) is 2.97. The minimum absolute atomic E-state index is 0.218. The first-order chi connectivity index (χ1) is 10.2. The first-order valence-corrected chi connectivity index (χ1v) is 7.26. The number of pyridine rings is 1. The monoisotopic (exact) mass is 358 g/mol. The second-order valence-electron chi connectivity index (χ2n) is 4.34. The minimum atomic E-state index is 0.218. The molecule has 0 radical (unpaired) electrons. The molecule has 3 nitrogen and oxygen atoms in total. The van der Waals surface area contributed by atoms with Crippen LogP contribution >= 0.6 is 27.5 Å². The molecule has 5 heteroatoms. The van der Waals surface area contributed by atoms with Crippen LogP contribution in [0, 0.1) is 11.3 Å². The van der Waals surface area contributed by atoms with Gasteiger partial charge in [-0.3, -0.25) is 0 Å². The second kappa shape index (κ2) is 5.72. The van der Waals surface area contributed by atoms with E-state index in [4.69, 9.17) is 21.6 Å². The third kappa shape index (κ3) is 2.85. The van der Waals surface area contributed by atoms with E-state index in [9.17, 15) is 0 Å². The lowest BCUT2D eigenvalue weighted by Gasteiger charge is -2.08. The highest BCUT2D eigenvalue weighted by atomic mass is 79.9. The normalized spacial score (nSPS) is 10.3. The summed E-state index contributed by atoms with van der Waals surface area (Å²) in [5.74, 6) is 0.849. The zero-order chi connectivity index (χ0) is 14.8. The summed E-state index contributed by atoms with van der Waals surface area (Å²) in [6, 6.07) is 15.2. The van der Waals surface area contributed by atoms with Crippen molar-refractivity contribution in [3.63, 3.8) is 0 Å². The molecular weight excluding hydrogens is 352 g/mol. The van der Waals surface area contributed by atoms with E-state index in [1.807, 2.05) is 42.5 Å². The average molecular weight is 360 g/mol. The van der Waals surface area contributed by atoms with Gasteiger partial charge in [0.05, 0.1) is 5.56 Å². The van der Waals surface area contributed by atoms with Crippen molar-refractivity contribution >= 4 is 38.3 Å². The summed E-state index contributed by atoms with van der Waals surface area (Å²) in [5.41, 5.74) is 0.339. The number of hydrogen-bond donors (Lipinski definition) is 0. The lowest BCUT2D eigenvalue weighted by molar-refractivity contribution is 0.464. The number of hydrogen-bond acceptors (Lipinski definition) is 3. The highest BCUT2D eigenvalue weighted by molar-refractivity contribution is 9.10.